The first-order valence-corrected chi connectivity index (χ1v) is 7.01. The van der Waals surface area contributed by atoms with Crippen LogP contribution in [0.4, 0.5) is 5.69 Å². The smallest absolute Gasteiger partial charge is 0.253 e. The Hall–Kier alpha value is -1.81. The molecule has 1 heterocycles. The quantitative estimate of drug-likeness (QED) is 0.781. The van der Waals surface area contributed by atoms with Crippen molar-refractivity contribution in [2.24, 2.45) is 0 Å². The van der Waals surface area contributed by atoms with Gasteiger partial charge in [-0.2, -0.15) is 0 Å². The number of anilines is 1. The van der Waals surface area contributed by atoms with E-state index in [2.05, 4.69) is 23.4 Å². The molecule has 1 amide bonds. The summed E-state index contributed by atoms with van der Waals surface area (Å²) in [5.74, 6) is 0.0369. The molecule has 0 saturated carbocycles. The Kier molecular flexibility index (Phi) is 4.79. The summed E-state index contributed by atoms with van der Waals surface area (Å²) in [4.78, 5) is 18.5. The monoisotopic (exact) mass is 273 g/mol. The van der Waals surface area contributed by atoms with Crippen molar-refractivity contribution in [1.82, 2.24) is 9.80 Å². The van der Waals surface area contributed by atoms with Gasteiger partial charge in [-0.15, -0.1) is 6.58 Å². The number of amides is 1. The first kappa shape index (κ1) is 14.6. The van der Waals surface area contributed by atoms with Gasteiger partial charge in [-0.3, -0.25) is 4.79 Å². The SMILES string of the molecule is C=CCN(C)C(=O)c1ccc(N2CCN(C)CC2)cc1. The molecule has 4 heteroatoms. The van der Waals surface area contributed by atoms with Crippen LogP contribution in [0.5, 0.6) is 0 Å². The molecule has 0 atom stereocenters. The van der Waals surface area contributed by atoms with Gasteiger partial charge in [-0.05, 0) is 31.3 Å². The van der Waals surface area contributed by atoms with E-state index in [0.717, 1.165) is 31.7 Å². The second kappa shape index (κ2) is 6.57. The van der Waals surface area contributed by atoms with E-state index in [1.165, 1.54) is 5.69 Å². The second-order valence-corrected chi connectivity index (χ2v) is 5.31. The lowest BCUT2D eigenvalue weighted by atomic mass is 10.1. The fraction of sp³-hybridized carbons (Fsp3) is 0.438. The summed E-state index contributed by atoms with van der Waals surface area (Å²) >= 11 is 0. The molecule has 0 N–H and O–H groups in total. The highest BCUT2D eigenvalue weighted by atomic mass is 16.2. The van der Waals surface area contributed by atoms with E-state index < -0.39 is 0 Å². The fourth-order valence-corrected chi connectivity index (χ4v) is 2.38. The first-order valence-electron chi connectivity index (χ1n) is 7.01. The molecule has 0 bridgehead atoms. The number of hydrogen-bond acceptors (Lipinski definition) is 3. The van der Waals surface area contributed by atoms with E-state index in [1.807, 2.05) is 24.3 Å². The van der Waals surface area contributed by atoms with Gasteiger partial charge in [0.05, 0.1) is 0 Å². The lowest BCUT2D eigenvalue weighted by Crippen LogP contribution is -2.44. The summed E-state index contributed by atoms with van der Waals surface area (Å²) < 4.78 is 0. The molecule has 0 unspecified atom stereocenters. The molecule has 0 aromatic heterocycles. The maximum absolute atomic E-state index is 12.1. The zero-order valence-electron chi connectivity index (χ0n) is 12.4. The summed E-state index contributed by atoms with van der Waals surface area (Å²) in [6.45, 7) is 8.48. The number of hydrogen-bond donors (Lipinski definition) is 0. The van der Waals surface area contributed by atoms with Crippen LogP contribution < -0.4 is 4.90 Å². The van der Waals surface area contributed by atoms with Gasteiger partial charge in [0.15, 0.2) is 0 Å². The Bertz CT molecular complexity index is 461. The molecule has 0 aliphatic carbocycles. The minimum absolute atomic E-state index is 0.0369. The molecule has 1 saturated heterocycles. The lowest BCUT2D eigenvalue weighted by Gasteiger charge is -2.34. The van der Waals surface area contributed by atoms with Crippen LogP contribution in [-0.4, -0.2) is 62.5 Å². The van der Waals surface area contributed by atoms with Crippen molar-refractivity contribution in [1.29, 1.82) is 0 Å². The standard InChI is InChI=1S/C16H23N3O/c1-4-9-18(3)16(20)14-5-7-15(8-6-14)19-12-10-17(2)11-13-19/h4-8H,1,9-13H2,2-3H3. The molecule has 0 spiro atoms. The van der Waals surface area contributed by atoms with Gasteiger partial charge in [0.2, 0.25) is 0 Å². The number of carbonyl (C=O) groups excluding carboxylic acids is 1. The third kappa shape index (κ3) is 3.39. The van der Waals surface area contributed by atoms with Crippen molar-refractivity contribution in [2.75, 3.05) is 51.7 Å². The molecule has 1 fully saturated rings. The van der Waals surface area contributed by atoms with Gasteiger partial charge in [-0.25, -0.2) is 0 Å². The van der Waals surface area contributed by atoms with Crippen molar-refractivity contribution in [3.63, 3.8) is 0 Å². The summed E-state index contributed by atoms with van der Waals surface area (Å²) in [7, 11) is 3.94. The van der Waals surface area contributed by atoms with E-state index in [1.54, 1.807) is 18.0 Å². The normalized spacial score (nSPS) is 16.0. The number of piperazine rings is 1. The third-order valence-electron chi connectivity index (χ3n) is 3.73. The van der Waals surface area contributed by atoms with E-state index >= 15 is 0 Å². The maximum Gasteiger partial charge on any atom is 0.253 e. The zero-order valence-corrected chi connectivity index (χ0v) is 12.4. The van der Waals surface area contributed by atoms with Gasteiger partial charge >= 0.3 is 0 Å². The minimum atomic E-state index is 0.0369. The molecule has 108 valence electrons. The van der Waals surface area contributed by atoms with E-state index in [4.69, 9.17) is 0 Å². The van der Waals surface area contributed by atoms with Crippen LogP contribution in [0.1, 0.15) is 10.4 Å². The summed E-state index contributed by atoms with van der Waals surface area (Å²) in [6, 6.07) is 7.91. The largest absolute Gasteiger partial charge is 0.369 e. The fourth-order valence-electron chi connectivity index (χ4n) is 2.38. The van der Waals surface area contributed by atoms with Crippen molar-refractivity contribution in [3.8, 4) is 0 Å². The maximum atomic E-state index is 12.1. The van der Waals surface area contributed by atoms with Crippen LogP contribution >= 0.6 is 0 Å². The van der Waals surface area contributed by atoms with Crippen LogP contribution in [-0.2, 0) is 0 Å². The summed E-state index contributed by atoms with van der Waals surface area (Å²) in [6.07, 6.45) is 1.73. The summed E-state index contributed by atoms with van der Waals surface area (Å²) in [5.41, 5.74) is 1.92. The van der Waals surface area contributed by atoms with Crippen LogP contribution in [0.2, 0.25) is 0 Å². The predicted molar refractivity (Wildman–Crippen MR) is 83.3 cm³/mol. The zero-order chi connectivity index (χ0) is 14.5. The number of likely N-dealkylation sites (N-methyl/N-ethyl adjacent to an activating group) is 2. The molecule has 2 rings (SSSR count). The number of carbonyl (C=O) groups is 1. The highest BCUT2D eigenvalue weighted by Gasteiger charge is 2.15. The summed E-state index contributed by atoms with van der Waals surface area (Å²) in [5, 5.41) is 0. The van der Waals surface area contributed by atoms with Gasteiger partial charge < -0.3 is 14.7 Å². The van der Waals surface area contributed by atoms with Crippen molar-refractivity contribution in [3.05, 3.63) is 42.5 Å². The average molecular weight is 273 g/mol. The highest BCUT2D eigenvalue weighted by Crippen LogP contribution is 2.17. The average Bonchev–Trinajstić information content (AvgIpc) is 2.48. The number of rotatable bonds is 4. The Balaban J connectivity index is 2.02. The van der Waals surface area contributed by atoms with Crippen molar-refractivity contribution >= 4 is 11.6 Å². The van der Waals surface area contributed by atoms with Gasteiger partial charge in [0.25, 0.3) is 5.91 Å². The molecule has 1 aromatic rings. The van der Waals surface area contributed by atoms with Crippen LogP contribution in [0.25, 0.3) is 0 Å². The second-order valence-electron chi connectivity index (χ2n) is 5.31. The number of benzene rings is 1. The molecule has 20 heavy (non-hydrogen) atoms. The lowest BCUT2D eigenvalue weighted by molar-refractivity contribution is 0.0810. The Morgan fingerprint density at radius 3 is 2.40 bits per heavy atom. The number of nitrogens with zero attached hydrogens (tertiary/aromatic N) is 3. The van der Waals surface area contributed by atoms with Gasteiger partial charge in [-0.1, -0.05) is 6.08 Å². The topological polar surface area (TPSA) is 26.8 Å². The minimum Gasteiger partial charge on any atom is -0.369 e. The third-order valence-corrected chi connectivity index (χ3v) is 3.73. The van der Waals surface area contributed by atoms with E-state index in [0.29, 0.717) is 6.54 Å². The van der Waals surface area contributed by atoms with Crippen LogP contribution in [0.15, 0.2) is 36.9 Å². The molecule has 0 radical (unpaired) electrons. The Labute approximate surface area is 121 Å². The highest BCUT2D eigenvalue weighted by molar-refractivity contribution is 5.94. The van der Waals surface area contributed by atoms with E-state index in [-0.39, 0.29) is 5.91 Å². The first-order chi connectivity index (χ1) is 9.61. The van der Waals surface area contributed by atoms with Gasteiger partial charge in [0.1, 0.15) is 0 Å². The molecule has 4 nitrogen and oxygen atoms in total. The van der Waals surface area contributed by atoms with Crippen molar-refractivity contribution < 1.29 is 4.79 Å². The molecule has 1 aliphatic heterocycles. The Morgan fingerprint density at radius 2 is 1.85 bits per heavy atom. The molecular formula is C16H23N3O. The van der Waals surface area contributed by atoms with Crippen LogP contribution in [0.3, 0.4) is 0 Å². The molecule has 1 aliphatic rings. The van der Waals surface area contributed by atoms with E-state index in [9.17, 15) is 4.79 Å². The molecule has 1 aromatic carbocycles. The van der Waals surface area contributed by atoms with Crippen LogP contribution in [0, 0.1) is 0 Å². The van der Waals surface area contributed by atoms with Gasteiger partial charge in [0, 0.05) is 51.0 Å². The Morgan fingerprint density at radius 1 is 1.25 bits per heavy atom. The predicted octanol–water partition coefficient (Wildman–Crippen LogP) is 1.70. The molecular weight excluding hydrogens is 250 g/mol. The van der Waals surface area contributed by atoms with Crippen molar-refractivity contribution in [2.45, 2.75) is 0 Å².